The summed E-state index contributed by atoms with van der Waals surface area (Å²) in [4.78, 5) is 16.7. The van der Waals surface area contributed by atoms with Gasteiger partial charge in [0.05, 0.1) is 28.9 Å². The van der Waals surface area contributed by atoms with Crippen LogP contribution in [-0.2, 0) is 30.3 Å². The van der Waals surface area contributed by atoms with Gasteiger partial charge in [-0.2, -0.15) is 26.3 Å². The zero-order chi connectivity index (χ0) is 28.3. The van der Waals surface area contributed by atoms with Crippen molar-refractivity contribution in [3.05, 3.63) is 108 Å². The lowest BCUT2D eigenvalue weighted by Crippen LogP contribution is -2.09. The van der Waals surface area contributed by atoms with Crippen LogP contribution in [0.1, 0.15) is 22.5 Å². The van der Waals surface area contributed by atoms with Crippen molar-refractivity contribution in [1.29, 1.82) is 0 Å². The molecule has 204 valence electrons. The van der Waals surface area contributed by atoms with E-state index in [0.29, 0.717) is 11.6 Å². The van der Waals surface area contributed by atoms with Crippen molar-refractivity contribution in [1.82, 2.24) is 19.9 Å². The molecule has 0 aliphatic heterocycles. The number of fused-ring (bicyclic) bond motifs is 1. The third kappa shape index (κ3) is 6.18. The number of halogens is 6. The van der Waals surface area contributed by atoms with E-state index in [9.17, 15) is 26.3 Å². The largest absolute Gasteiger partial charge is 0.418 e. The van der Waals surface area contributed by atoms with Gasteiger partial charge in [0, 0.05) is 23.3 Å². The summed E-state index contributed by atoms with van der Waals surface area (Å²) in [6, 6.07) is 17.9. The molecule has 0 fully saturated rings. The Morgan fingerprint density at radius 2 is 1.55 bits per heavy atom. The minimum atomic E-state index is -4.62. The number of pyridine rings is 2. The monoisotopic (exact) mass is 555 g/mol. The molecule has 5 rings (SSSR count). The highest BCUT2D eigenvalue weighted by atomic mass is 19.4. The molecule has 3 heterocycles. The second-order valence-electron chi connectivity index (χ2n) is 8.65. The molecule has 0 aliphatic rings. The lowest BCUT2D eigenvalue weighted by atomic mass is 10.0. The Labute approximate surface area is 223 Å². The summed E-state index contributed by atoms with van der Waals surface area (Å²) in [7, 11) is 0. The summed E-state index contributed by atoms with van der Waals surface area (Å²) in [5, 5.41) is 3.29. The van der Waals surface area contributed by atoms with E-state index in [-0.39, 0.29) is 47.4 Å². The van der Waals surface area contributed by atoms with Crippen molar-refractivity contribution in [3.8, 4) is 11.3 Å². The molecule has 5 aromatic rings. The first-order chi connectivity index (χ1) is 19.1. The van der Waals surface area contributed by atoms with Crippen LogP contribution in [-0.4, -0.2) is 19.9 Å². The molecule has 0 spiro atoms. The summed E-state index contributed by atoms with van der Waals surface area (Å²) in [5.41, 5.74) is -0.722. The zero-order valence-electron chi connectivity index (χ0n) is 20.5. The zero-order valence-corrected chi connectivity index (χ0v) is 20.5. The number of hydrogen-bond donors (Lipinski definition) is 1. The van der Waals surface area contributed by atoms with Gasteiger partial charge in [-0.05, 0) is 42.0 Å². The van der Waals surface area contributed by atoms with Crippen molar-refractivity contribution < 1.29 is 31.1 Å². The van der Waals surface area contributed by atoms with E-state index in [4.69, 9.17) is 4.74 Å². The predicted octanol–water partition coefficient (Wildman–Crippen LogP) is 7.58. The maximum atomic E-state index is 13.6. The maximum absolute atomic E-state index is 13.6. The molecule has 12 heteroatoms. The number of ether oxygens (including phenoxy) is 1. The first-order valence-electron chi connectivity index (χ1n) is 11.8. The van der Waals surface area contributed by atoms with Crippen molar-refractivity contribution in [2.45, 2.75) is 25.6 Å². The van der Waals surface area contributed by atoms with Crippen molar-refractivity contribution >= 4 is 22.5 Å². The average Bonchev–Trinajstić information content (AvgIpc) is 2.93. The van der Waals surface area contributed by atoms with Gasteiger partial charge >= 0.3 is 12.4 Å². The summed E-state index contributed by atoms with van der Waals surface area (Å²) in [5.74, 6) is 0.476. The van der Waals surface area contributed by atoms with Crippen molar-refractivity contribution in [2.24, 2.45) is 0 Å². The summed E-state index contributed by atoms with van der Waals surface area (Å²) in [6.45, 7) is 0.218. The lowest BCUT2D eigenvalue weighted by Gasteiger charge is -2.14. The Morgan fingerprint density at radius 1 is 0.750 bits per heavy atom. The molecule has 0 bridgehead atoms. The Morgan fingerprint density at radius 3 is 2.25 bits per heavy atom. The van der Waals surface area contributed by atoms with Crippen LogP contribution in [0.4, 0.5) is 38.0 Å². The number of nitrogens with one attached hydrogen (secondary N) is 1. The summed E-state index contributed by atoms with van der Waals surface area (Å²) >= 11 is 0. The minimum absolute atomic E-state index is 0.0401. The summed E-state index contributed by atoms with van der Waals surface area (Å²) < 4.78 is 85.5. The van der Waals surface area contributed by atoms with Crippen LogP contribution in [0.5, 0.6) is 0 Å². The fourth-order valence-electron chi connectivity index (χ4n) is 3.94. The Bertz CT molecular complexity index is 1620. The lowest BCUT2D eigenvalue weighted by molar-refractivity contribution is -0.138. The summed E-state index contributed by atoms with van der Waals surface area (Å²) in [6.07, 6.45) is -7.22. The second-order valence-corrected chi connectivity index (χ2v) is 8.65. The molecule has 0 aliphatic carbocycles. The Kier molecular flexibility index (Phi) is 7.35. The second kappa shape index (κ2) is 10.9. The van der Waals surface area contributed by atoms with Gasteiger partial charge < -0.3 is 10.1 Å². The van der Waals surface area contributed by atoms with Gasteiger partial charge in [-0.1, -0.05) is 36.4 Å². The van der Waals surface area contributed by atoms with E-state index in [0.717, 1.165) is 23.8 Å². The molecule has 1 N–H and O–H groups in total. The average molecular weight is 555 g/mol. The fourth-order valence-corrected chi connectivity index (χ4v) is 3.94. The van der Waals surface area contributed by atoms with Gasteiger partial charge in [0.25, 0.3) is 0 Å². The normalized spacial score (nSPS) is 12.1. The van der Waals surface area contributed by atoms with Crippen LogP contribution < -0.4 is 5.32 Å². The molecule has 2 aromatic carbocycles. The number of alkyl halides is 6. The number of rotatable bonds is 7. The minimum Gasteiger partial charge on any atom is -0.369 e. The number of anilines is 2. The molecular weight excluding hydrogens is 536 g/mol. The highest BCUT2D eigenvalue weighted by Crippen LogP contribution is 2.37. The van der Waals surface area contributed by atoms with Gasteiger partial charge in [-0.15, -0.1) is 0 Å². The topological polar surface area (TPSA) is 72.8 Å². The third-order valence-electron chi connectivity index (χ3n) is 5.81. The highest BCUT2D eigenvalue weighted by molar-refractivity contribution is 5.93. The highest BCUT2D eigenvalue weighted by Gasteiger charge is 2.34. The third-order valence-corrected chi connectivity index (χ3v) is 5.81. The molecule has 3 aromatic heterocycles. The van der Waals surface area contributed by atoms with Crippen LogP contribution in [0, 0.1) is 0 Å². The van der Waals surface area contributed by atoms with E-state index in [1.54, 1.807) is 0 Å². The van der Waals surface area contributed by atoms with Crippen molar-refractivity contribution in [3.63, 3.8) is 0 Å². The van der Waals surface area contributed by atoms with Crippen LogP contribution in [0.25, 0.3) is 22.2 Å². The Balaban J connectivity index is 1.52. The Hall–Kier alpha value is -4.58. The van der Waals surface area contributed by atoms with Gasteiger partial charge in [-0.3, -0.25) is 4.98 Å². The van der Waals surface area contributed by atoms with Gasteiger partial charge in [0.15, 0.2) is 5.82 Å². The fraction of sp³-hybridized carbons (Fsp3) is 0.143. The van der Waals surface area contributed by atoms with E-state index in [2.05, 4.69) is 25.3 Å². The van der Waals surface area contributed by atoms with Gasteiger partial charge in [-0.25, -0.2) is 15.0 Å². The predicted molar refractivity (Wildman–Crippen MR) is 135 cm³/mol. The van der Waals surface area contributed by atoms with E-state index in [1.165, 1.54) is 30.5 Å². The molecule has 40 heavy (non-hydrogen) atoms. The number of aromatic nitrogens is 4. The smallest absolute Gasteiger partial charge is 0.369 e. The van der Waals surface area contributed by atoms with Crippen LogP contribution in [0.15, 0.2) is 85.2 Å². The van der Waals surface area contributed by atoms with Crippen LogP contribution >= 0.6 is 0 Å². The SMILES string of the molecule is FC(F)(F)c1ccc(Nc2nc(COCc3ccccc3)nc3cc(-c4ncccc4C(F)(F)F)ccc23)nc1. The van der Waals surface area contributed by atoms with Crippen LogP contribution in [0.2, 0.25) is 0 Å². The molecule has 6 nitrogen and oxygen atoms in total. The number of nitrogens with zero attached hydrogens (tertiary/aromatic N) is 4. The van der Waals surface area contributed by atoms with E-state index in [1.807, 2.05) is 30.3 Å². The van der Waals surface area contributed by atoms with Crippen molar-refractivity contribution in [2.75, 3.05) is 5.32 Å². The molecule has 0 saturated heterocycles. The standard InChI is InChI=1S/C28H19F6N5O/c29-27(30,31)19-9-11-23(36-14-19)38-26-20-10-8-18(25-21(28(32,33)34)7-4-12-35-25)13-22(20)37-24(39-26)16-40-15-17-5-2-1-3-6-17/h1-14H,15-16H2,(H,36,37,38,39). The molecule has 0 radical (unpaired) electrons. The molecule has 0 atom stereocenters. The molecular formula is C28H19F6N5O. The first kappa shape index (κ1) is 27.0. The molecule has 0 unspecified atom stereocenters. The molecule has 0 saturated carbocycles. The van der Waals surface area contributed by atoms with E-state index < -0.39 is 23.5 Å². The van der Waals surface area contributed by atoms with Gasteiger partial charge in [0.1, 0.15) is 18.2 Å². The number of benzene rings is 2. The number of hydrogen-bond acceptors (Lipinski definition) is 6. The van der Waals surface area contributed by atoms with Crippen LogP contribution in [0.3, 0.4) is 0 Å². The maximum Gasteiger partial charge on any atom is 0.418 e. The molecule has 0 amide bonds. The quantitative estimate of drug-likeness (QED) is 0.209. The van der Waals surface area contributed by atoms with E-state index >= 15 is 0 Å². The first-order valence-corrected chi connectivity index (χ1v) is 11.8. The van der Waals surface area contributed by atoms with Gasteiger partial charge in [0.2, 0.25) is 0 Å².